The fourth-order valence-electron chi connectivity index (χ4n) is 2.64. The predicted molar refractivity (Wildman–Crippen MR) is 78.8 cm³/mol. The highest BCUT2D eigenvalue weighted by Crippen LogP contribution is 2.35. The van der Waals surface area contributed by atoms with Gasteiger partial charge in [-0.1, -0.05) is 42.6 Å². The summed E-state index contributed by atoms with van der Waals surface area (Å²) in [4.78, 5) is 0. The normalized spacial score (nSPS) is 22.1. The van der Waals surface area contributed by atoms with Gasteiger partial charge >= 0.3 is 0 Å². The lowest BCUT2D eigenvalue weighted by Gasteiger charge is -2.29. The molecule has 106 valence electrons. The summed E-state index contributed by atoms with van der Waals surface area (Å²) in [5.74, 6) is 0.147. The summed E-state index contributed by atoms with van der Waals surface area (Å²) >= 11 is 6.25. The molecule has 2 rings (SSSR count). The van der Waals surface area contributed by atoms with Crippen LogP contribution in [-0.4, -0.2) is 25.0 Å². The van der Waals surface area contributed by atoms with Crippen molar-refractivity contribution in [1.82, 2.24) is 4.31 Å². The molecule has 0 amide bonds. The maximum absolute atomic E-state index is 12.3. The summed E-state index contributed by atoms with van der Waals surface area (Å²) in [5, 5.41) is 0.658. The molecule has 1 heterocycles. The molecular formula is C14H20ClNO2S. The minimum atomic E-state index is -3.18. The van der Waals surface area contributed by atoms with Crippen molar-refractivity contribution in [3.8, 4) is 0 Å². The molecule has 1 aromatic rings. The number of benzene rings is 1. The number of halogens is 1. The van der Waals surface area contributed by atoms with Crippen LogP contribution in [0.3, 0.4) is 0 Å². The Balaban J connectivity index is 2.41. The molecule has 0 aliphatic carbocycles. The maximum Gasteiger partial charge on any atom is 0.214 e. The quantitative estimate of drug-likeness (QED) is 0.855. The van der Waals surface area contributed by atoms with Gasteiger partial charge in [0.05, 0.1) is 11.8 Å². The molecule has 1 saturated heterocycles. The molecule has 0 aromatic heterocycles. The molecule has 1 aliphatic heterocycles. The highest BCUT2D eigenvalue weighted by atomic mass is 35.5. The fourth-order valence-corrected chi connectivity index (χ4v) is 4.24. The molecule has 0 bridgehead atoms. The third kappa shape index (κ3) is 3.30. The highest BCUT2D eigenvalue weighted by Gasteiger charge is 2.31. The van der Waals surface area contributed by atoms with Gasteiger partial charge in [0.1, 0.15) is 0 Å². The van der Waals surface area contributed by atoms with E-state index >= 15 is 0 Å². The molecule has 0 N–H and O–H groups in total. The van der Waals surface area contributed by atoms with Crippen molar-refractivity contribution in [3.63, 3.8) is 0 Å². The Morgan fingerprint density at radius 2 is 2.00 bits per heavy atom. The van der Waals surface area contributed by atoms with E-state index in [1.807, 2.05) is 24.3 Å². The molecule has 0 unspecified atom stereocenters. The third-order valence-corrected chi connectivity index (χ3v) is 5.92. The van der Waals surface area contributed by atoms with E-state index in [1.165, 1.54) is 0 Å². The van der Waals surface area contributed by atoms with Crippen LogP contribution in [0.5, 0.6) is 0 Å². The largest absolute Gasteiger partial charge is 0.214 e. The molecule has 1 aliphatic rings. The van der Waals surface area contributed by atoms with Crippen molar-refractivity contribution in [1.29, 1.82) is 0 Å². The molecule has 1 fully saturated rings. The van der Waals surface area contributed by atoms with E-state index in [4.69, 9.17) is 11.6 Å². The standard InChI is InChI=1S/C14H20ClNO2S/c1-2-19(17,18)16-11-7-3-4-10-14(16)12-8-5-6-9-13(12)15/h5-6,8-9,14H,2-4,7,10-11H2,1H3/t14-/m0/s1. The van der Waals surface area contributed by atoms with E-state index in [2.05, 4.69) is 0 Å². The maximum atomic E-state index is 12.3. The highest BCUT2D eigenvalue weighted by molar-refractivity contribution is 7.89. The van der Waals surface area contributed by atoms with Crippen LogP contribution in [-0.2, 0) is 10.0 Å². The molecular weight excluding hydrogens is 282 g/mol. The Bertz CT molecular complexity index is 530. The Labute approximate surface area is 120 Å². The van der Waals surface area contributed by atoms with Crippen LogP contribution in [0.25, 0.3) is 0 Å². The van der Waals surface area contributed by atoms with Crippen LogP contribution in [0.1, 0.15) is 44.2 Å². The minimum Gasteiger partial charge on any atom is -0.212 e. The van der Waals surface area contributed by atoms with Crippen molar-refractivity contribution in [2.75, 3.05) is 12.3 Å². The SMILES string of the molecule is CCS(=O)(=O)N1CCCCC[C@H]1c1ccccc1Cl. The van der Waals surface area contributed by atoms with Crippen molar-refractivity contribution in [2.24, 2.45) is 0 Å². The molecule has 3 nitrogen and oxygen atoms in total. The predicted octanol–water partition coefficient (Wildman–Crippen LogP) is 3.61. The van der Waals surface area contributed by atoms with E-state index in [-0.39, 0.29) is 11.8 Å². The fraction of sp³-hybridized carbons (Fsp3) is 0.571. The smallest absolute Gasteiger partial charge is 0.212 e. The van der Waals surface area contributed by atoms with Gasteiger partial charge in [0, 0.05) is 11.6 Å². The Kier molecular flexibility index (Phi) is 4.87. The number of nitrogens with zero attached hydrogens (tertiary/aromatic N) is 1. The summed E-state index contributed by atoms with van der Waals surface area (Å²) in [6, 6.07) is 7.46. The third-order valence-electron chi connectivity index (χ3n) is 3.69. The van der Waals surface area contributed by atoms with Gasteiger partial charge in [-0.05, 0) is 31.4 Å². The first-order valence-corrected chi connectivity index (χ1v) is 8.79. The molecule has 1 atom stereocenters. The van der Waals surface area contributed by atoms with E-state index in [1.54, 1.807) is 11.2 Å². The van der Waals surface area contributed by atoms with Gasteiger partial charge in [-0.25, -0.2) is 8.42 Å². The number of rotatable bonds is 3. The van der Waals surface area contributed by atoms with Gasteiger partial charge in [0.15, 0.2) is 0 Å². The molecule has 19 heavy (non-hydrogen) atoms. The summed E-state index contributed by atoms with van der Waals surface area (Å²) in [7, 11) is -3.18. The monoisotopic (exact) mass is 301 g/mol. The topological polar surface area (TPSA) is 37.4 Å². The second-order valence-corrected chi connectivity index (χ2v) is 7.52. The Hall–Kier alpha value is -0.580. The lowest BCUT2D eigenvalue weighted by molar-refractivity contribution is 0.329. The molecule has 1 aromatic carbocycles. The van der Waals surface area contributed by atoms with Crippen LogP contribution in [0.15, 0.2) is 24.3 Å². The zero-order valence-electron chi connectivity index (χ0n) is 11.2. The second-order valence-electron chi connectivity index (χ2n) is 4.90. The van der Waals surface area contributed by atoms with Crippen molar-refractivity contribution >= 4 is 21.6 Å². The Morgan fingerprint density at radius 1 is 1.26 bits per heavy atom. The first-order valence-electron chi connectivity index (χ1n) is 6.80. The summed E-state index contributed by atoms with van der Waals surface area (Å²) in [5.41, 5.74) is 0.933. The number of hydrogen-bond donors (Lipinski definition) is 0. The van der Waals surface area contributed by atoms with Gasteiger partial charge < -0.3 is 0 Å². The lowest BCUT2D eigenvalue weighted by atomic mass is 10.0. The lowest BCUT2D eigenvalue weighted by Crippen LogP contribution is -2.36. The zero-order valence-corrected chi connectivity index (χ0v) is 12.8. The van der Waals surface area contributed by atoms with Crippen LogP contribution in [0.4, 0.5) is 0 Å². The van der Waals surface area contributed by atoms with Crippen molar-refractivity contribution < 1.29 is 8.42 Å². The molecule has 0 spiro atoms. The van der Waals surface area contributed by atoms with E-state index in [9.17, 15) is 8.42 Å². The van der Waals surface area contributed by atoms with E-state index in [0.29, 0.717) is 11.6 Å². The zero-order chi connectivity index (χ0) is 13.9. The van der Waals surface area contributed by atoms with Gasteiger partial charge in [0.25, 0.3) is 0 Å². The summed E-state index contributed by atoms with van der Waals surface area (Å²) in [6.45, 7) is 2.30. The van der Waals surface area contributed by atoms with Gasteiger partial charge in [-0.15, -0.1) is 0 Å². The summed E-state index contributed by atoms with van der Waals surface area (Å²) < 4.78 is 26.2. The number of hydrogen-bond acceptors (Lipinski definition) is 2. The van der Waals surface area contributed by atoms with Gasteiger partial charge in [0.2, 0.25) is 10.0 Å². The average Bonchev–Trinajstić information content (AvgIpc) is 2.65. The second kappa shape index (κ2) is 6.25. The van der Waals surface area contributed by atoms with Crippen LogP contribution >= 0.6 is 11.6 Å². The molecule has 0 radical (unpaired) electrons. The van der Waals surface area contributed by atoms with Crippen molar-refractivity contribution in [3.05, 3.63) is 34.9 Å². The minimum absolute atomic E-state index is 0.110. The van der Waals surface area contributed by atoms with E-state index < -0.39 is 10.0 Å². The molecule has 0 saturated carbocycles. The first-order chi connectivity index (χ1) is 9.06. The average molecular weight is 302 g/mol. The Morgan fingerprint density at radius 3 is 2.68 bits per heavy atom. The van der Waals surface area contributed by atoms with Gasteiger partial charge in [-0.2, -0.15) is 4.31 Å². The summed E-state index contributed by atoms with van der Waals surface area (Å²) in [6.07, 6.45) is 3.91. The number of sulfonamides is 1. The van der Waals surface area contributed by atoms with Crippen molar-refractivity contribution in [2.45, 2.75) is 38.6 Å². The van der Waals surface area contributed by atoms with Crippen LogP contribution in [0, 0.1) is 0 Å². The van der Waals surface area contributed by atoms with Crippen LogP contribution < -0.4 is 0 Å². The van der Waals surface area contributed by atoms with E-state index in [0.717, 1.165) is 31.2 Å². The van der Waals surface area contributed by atoms with Crippen LogP contribution in [0.2, 0.25) is 5.02 Å². The van der Waals surface area contributed by atoms with Gasteiger partial charge in [-0.3, -0.25) is 0 Å². The molecule has 5 heteroatoms. The first kappa shape index (κ1) is 14.8.